The topological polar surface area (TPSA) is 103 Å². The van der Waals surface area contributed by atoms with Gasteiger partial charge in [0.15, 0.2) is 5.76 Å². The second-order valence-electron chi connectivity index (χ2n) is 8.25. The van der Waals surface area contributed by atoms with Crippen LogP contribution in [-0.2, 0) is 19.4 Å². The molecule has 4 aromatic rings. The first-order valence-electron chi connectivity index (χ1n) is 11.1. The van der Waals surface area contributed by atoms with Gasteiger partial charge >= 0.3 is 5.97 Å². The van der Waals surface area contributed by atoms with Crippen LogP contribution in [0.15, 0.2) is 77.3 Å². The van der Waals surface area contributed by atoms with E-state index in [9.17, 15) is 9.59 Å². The summed E-state index contributed by atoms with van der Waals surface area (Å²) in [6, 6.07) is 20.6. The maximum Gasteiger partial charge on any atom is 0.354 e. The van der Waals surface area contributed by atoms with Crippen LogP contribution in [0.4, 0.5) is 0 Å². The third kappa shape index (κ3) is 4.59. The van der Waals surface area contributed by atoms with Crippen molar-refractivity contribution in [2.24, 2.45) is 5.92 Å². The maximum atomic E-state index is 13.1. The van der Waals surface area contributed by atoms with Crippen LogP contribution in [0.3, 0.4) is 0 Å². The molecule has 0 fully saturated rings. The van der Waals surface area contributed by atoms with Gasteiger partial charge in [-0.2, -0.15) is 0 Å². The fourth-order valence-electron chi connectivity index (χ4n) is 4.16. The van der Waals surface area contributed by atoms with Crippen LogP contribution in [0, 0.1) is 5.92 Å². The lowest BCUT2D eigenvalue weighted by Gasteiger charge is -2.23. The molecule has 0 aliphatic heterocycles. The number of rotatable bonds is 7. The first kappa shape index (κ1) is 21.6. The molecule has 1 N–H and O–H groups in total. The van der Waals surface area contributed by atoms with E-state index in [1.54, 1.807) is 12.1 Å². The molecule has 0 spiro atoms. The van der Waals surface area contributed by atoms with Crippen molar-refractivity contribution in [3.63, 3.8) is 0 Å². The van der Waals surface area contributed by atoms with Gasteiger partial charge in [-0.15, -0.1) is 0 Å². The molecule has 34 heavy (non-hydrogen) atoms. The molecule has 0 saturated heterocycles. The molecule has 5 rings (SSSR count). The van der Waals surface area contributed by atoms with Gasteiger partial charge in [0.1, 0.15) is 23.7 Å². The van der Waals surface area contributed by atoms with Crippen molar-refractivity contribution in [3.05, 3.63) is 101 Å². The summed E-state index contributed by atoms with van der Waals surface area (Å²) in [6.07, 6.45) is 3.48. The number of aromatic carboxylic acids is 1. The second-order valence-corrected chi connectivity index (χ2v) is 8.25. The summed E-state index contributed by atoms with van der Waals surface area (Å²) in [5.74, 6) is -0.409. The SMILES string of the molecule is O=C(O)c1cccc(-c2cnc(C(=O)[C@H]3CCc4cc(OCc5ccccc5)ccc4C3)o2)n1. The van der Waals surface area contributed by atoms with E-state index in [2.05, 4.69) is 16.0 Å². The quantitative estimate of drug-likeness (QED) is 0.392. The maximum absolute atomic E-state index is 13.1. The number of pyridine rings is 1. The van der Waals surface area contributed by atoms with Gasteiger partial charge in [0, 0.05) is 5.92 Å². The smallest absolute Gasteiger partial charge is 0.354 e. The van der Waals surface area contributed by atoms with Gasteiger partial charge in [0.05, 0.1) is 6.20 Å². The number of ketones is 1. The minimum absolute atomic E-state index is 0.0220. The third-order valence-electron chi connectivity index (χ3n) is 5.96. The summed E-state index contributed by atoms with van der Waals surface area (Å²) in [4.78, 5) is 32.4. The molecule has 0 bridgehead atoms. The molecule has 2 heterocycles. The number of carboxylic acids is 1. The summed E-state index contributed by atoms with van der Waals surface area (Å²) in [6.45, 7) is 0.511. The lowest BCUT2D eigenvalue weighted by atomic mass is 9.81. The van der Waals surface area contributed by atoms with Crippen LogP contribution >= 0.6 is 0 Å². The van der Waals surface area contributed by atoms with Crippen LogP contribution in [0.1, 0.15) is 44.3 Å². The number of hydrogen-bond donors (Lipinski definition) is 1. The summed E-state index contributed by atoms with van der Waals surface area (Å²) in [5, 5.41) is 9.13. The number of carbonyl (C=O) groups is 2. The first-order chi connectivity index (χ1) is 16.6. The number of fused-ring (bicyclic) bond motifs is 1. The molecular weight excluding hydrogens is 432 g/mol. The van der Waals surface area contributed by atoms with Crippen LogP contribution in [0.2, 0.25) is 0 Å². The lowest BCUT2D eigenvalue weighted by molar-refractivity contribution is 0.0690. The van der Waals surface area contributed by atoms with Gasteiger partial charge in [-0.25, -0.2) is 14.8 Å². The summed E-state index contributed by atoms with van der Waals surface area (Å²) >= 11 is 0. The average molecular weight is 454 g/mol. The predicted octanol–water partition coefficient (Wildman–Crippen LogP) is 5.00. The van der Waals surface area contributed by atoms with Gasteiger partial charge < -0.3 is 14.3 Å². The number of aromatic nitrogens is 2. The second kappa shape index (κ2) is 9.31. The number of Topliss-reactive ketones (excluding diaryl/α,β-unsaturated/α-hetero) is 1. The molecule has 1 aliphatic carbocycles. The largest absolute Gasteiger partial charge is 0.489 e. The number of ether oxygens (including phenoxy) is 1. The average Bonchev–Trinajstić information content (AvgIpc) is 3.38. The van der Waals surface area contributed by atoms with Crippen molar-refractivity contribution in [3.8, 4) is 17.2 Å². The molecule has 1 aliphatic rings. The first-order valence-corrected chi connectivity index (χ1v) is 11.1. The van der Waals surface area contributed by atoms with Gasteiger partial charge in [0.25, 0.3) is 5.89 Å². The minimum atomic E-state index is -1.13. The minimum Gasteiger partial charge on any atom is -0.489 e. The Labute approximate surface area is 196 Å². The normalized spacial score (nSPS) is 14.9. The molecule has 2 aromatic carbocycles. The highest BCUT2D eigenvalue weighted by Crippen LogP contribution is 2.31. The number of nitrogens with zero attached hydrogens (tertiary/aromatic N) is 2. The Balaban J connectivity index is 1.26. The van der Waals surface area contributed by atoms with Crippen LogP contribution in [0.25, 0.3) is 11.5 Å². The molecule has 170 valence electrons. The van der Waals surface area contributed by atoms with Crippen molar-refractivity contribution < 1.29 is 23.8 Å². The number of oxazole rings is 1. The molecule has 0 radical (unpaired) electrons. The Morgan fingerprint density at radius 3 is 2.71 bits per heavy atom. The van der Waals surface area contributed by atoms with E-state index >= 15 is 0 Å². The number of benzene rings is 2. The van der Waals surface area contributed by atoms with Crippen molar-refractivity contribution in [1.82, 2.24) is 9.97 Å². The molecule has 1 atom stereocenters. The zero-order chi connectivity index (χ0) is 23.5. The Kier molecular flexibility index (Phi) is 5.91. The molecule has 2 aromatic heterocycles. The fraction of sp³-hybridized carbons (Fsp3) is 0.185. The summed E-state index contributed by atoms with van der Waals surface area (Å²) < 4.78 is 11.6. The monoisotopic (exact) mass is 454 g/mol. The van der Waals surface area contributed by atoms with Crippen LogP contribution in [-0.4, -0.2) is 26.8 Å². The molecule has 0 unspecified atom stereocenters. The molecule has 7 heteroatoms. The van der Waals surface area contributed by atoms with E-state index in [-0.39, 0.29) is 29.0 Å². The van der Waals surface area contributed by atoms with E-state index in [1.807, 2.05) is 42.5 Å². The Morgan fingerprint density at radius 1 is 1.03 bits per heavy atom. The fourth-order valence-corrected chi connectivity index (χ4v) is 4.16. The van der Waals surface area contributed by atoms with Crippen molar-refractivity contribution in [2.45, 2.75) is 25.9 Å². The van der Waals surface area contributed by atoms with E-state index in [0.29, 0.717) is 25.1 Å². The van der Waals surface area contributed by atoms with E-state index < -0.39 is 5.97 Å². The van der Waals surface area contributed by atoms with Gasteiger partial charge in [0.2, 0.25) is 5.78 Å². The Morgan fingerprint density at radius 2 is 1.88 bits per heavy atom. The van der Waals surface area contributed by atoms with E-state index in [1.165, 1.54) is 17.8 Å². The summed E-state index contributed by atoms with van der Waals surface area (Å²) in [5.41, 5.74) is 3.65. The predicted molar refractivity (Wildman–Crippen MR) is 124 cm³/mol. The highest BCUT2D eigenvalue weighted by Gasteiger charge is 2.29. The zero-order valence-corrected chi connectivity index (χ0v) is 18.3. The molecule has 0 saturated carbocycles. The van der Waals surface area contributed by atoms with E-state index in [4.69, 9.17) is 14.3 Å². The zero-order valence-electron chi connectivity index (χ0n) is 18.3. The lowest BCUT2D eigenvalue weighted by Crippen LogP contribution is -2.23. The molecule has 7 nitrogen and oxygen atoms in total. The Hall–Kier alpha value is -4.26. The standard InChI is InChI=1S/C27H22N2O5/c30-25(26-28-15-24(34-26)22-7-4-8-23(29-22)27(31)32)20-10-9-19-14-21(12-11-18(19)13-20)33-16-17-5-2-1-3-6-17/h1-8,11-12,14-15,20H,9-10,13,16H2,(H,31,32)/t20-/m0/s1. The number of hydrogen-bond acceptors (Lipinski definition) is 6. The highest BCUT2D eigenvalue weighted by atomic mass is 16.5. The molecular formula is C27H22N2O5. The van der Waals surface area contributed by atoms with Crippen molar-refractivity contribution >= 4 is 11.8 Å². The van der Waals surface area contributed by atoms with Gasteiger partial charge in [-0.1, -0.05) is 42.5 Å². The van der Waals surface area contributed by atoms with Gasteiger partial charge in [-0.05, 0) is 60.2 Å². The van der Waals surface area contributed by atoms with Crippen LogP contribution < -0.4 is 4.74 Å². The number of carbonyl (C=O) groups excluding carboxylic acids is 1. The van der Waals surface area contributed by atoms with Gasteiger partial charge in [-0.3, -0.25) is 4.79 Å². The summed E-state index contributed by atoms with van der Waals surface area (Å²) in [7, 11) is 0. The van der Waals surface area contributed by atoms with Crippen molar-refractivity contribution in [1.29, 1.82) is 0 Å². The third-order valence-corrected chi connectivity index (χ3v) is 5.96. The number of aryl methyl sites for hydroxylation is 1. The number of carboxylic acid groups (broad SMARTS) is 1. The van der Waals surface area contributed by atoms with E-state index in [0.717, 1.165) is 23.3 Å². The highest BCUT2D eigenvalue weighted by molar-refractivity contribution is 5.94. The van der Waals surface area contributed by atoms with Crippen LogP contribution in [0.5, 0.6) is 5.75 Å². The Bertz CT molecular complexity index is 1350. The molecule has 0 amide bonds. The van der Waals surface area contributed by atoms with Crippen molar-refractivity contribution in [2.75, 3.05) is 0 Å².